The number of para-hydroxylation sites is 1. The van der Waals surface area contributed by atoms with Gasteiger partial charge in [0.1, 0.15) is 5.60 Å². The Morgan fingerprint density at radius 1 is 1.42 bits per heavy atom. The van der Waals surface area contributed by atoms with E-state index in [1.807, 2.05) is 5.32 Å². The molecular formula is C12H12ClF2NO3. The first-order valence-corrected chi connectivity index (χ1v) is 6.05. The van der Waals surface area contributed by atoms with E-state index in [2.05, 4.69) is 0 Å². The Hall–Kier alpha value is -1.40. The van der Waals surface area contributed by atoms with Gasteiger partial charge in [-0.3, -0.25) is 4.79 Å². The Bertz CT molecular complexity index is 518. The maximum atomic E-state index is 13.8. The minimum Gasteiger partial charge on any atom is -0.504 e. The van der Waals surface area contributed by atoms with Gasteiger partial charge < -0.3 is 15.5 Å². The molecule has 1 aliphatic rings. The third-order valence-electron chi connectivity index (χ3n) is 3.29. The van der Waals surface area contributed by atoms with Crippen LogP contribution < -0.4 is 5.32 Å². The number of phenols is 1. The zero-order chi connectivity index (χ0) is 14.3. The third-order valence-corrected chi connectivity index (χ3v) is 3.59. The van der Waals surface area contributed by atoms with Gasteiger partial charge in [0, 0.05) is 0 Å². The van der Waals surface area contributed by atoms with Gasteiger partial charge in [-0.2, -0.15) is 8.78 Å². The molecule has 1 aliphatic carbocycles. The fourth-order valence-electron chi connectivity index (χ4n) is 1.85. The summed E-state index contributed by atoms with van der Waals surface area (Å²) in [5.74, 6) is -6.07. The zero-order valence-electron chi connectivity index (χ0n) is 9.79. The molecule has 0 atom stereocenters. The number of benzene rings is 1. The van der Waals surface area contributed by atoms with Crippen molar-refractivity contribution in [3.63, 3.8) is 0 Å². The summed E-state index contributed by atoms with van der Waals surface area (Å²) >= 11 is 5.60. The molecule has 4 nitrogen and oxygen atoms in total. The number of carbonyl (C=O) groups is 1. The number of anilines is 1. The average molecular weight is 292 g/mol. The molecular weight excluding hydrogens is 280 g/mol. The molecule has 104 valence electrons. The maximum absolute atomic E-state index is 13.8. The molecule has 0 bridgehead atoms. The molecule has 0 aromatic heterocycles. The van der Waals surface area contributed by atoms with Gasteiger partial charge in [-0.1, -0.05) is 17.7 Å². The number of halogens is 3. The number of aliphatic hydroxyl groups is 1. The quantitative estimate of drug-likeness (QED) is 0.750. The summed E-state index contributed by atoms with van der Waals surface area (Å²) in [5, 5.41) is 21.0. The van der Waals surface area contributed by atoms with Gasteiger partial charge in [0.2, 0.25) is 0 Å². The minimum absolute atomic E-state index is 0.0662. The fraction of sp³-hybridized carbons (Fsp3) is 0.417. The standard InChI is InChI=1S/C12H12ClF2NO3/c13-7-3-1-4-8(9(7)17)16-10(18)12(14,15)11(19)5-2-6-11/h1,3-4,17,19H,2,5-6H2,(H,16,18). The number of amides is 1. The molecule has 1 saturated carbocycles. The van der Waals surface area contributed by atoms with Crippen molar-refractivity contribution in [1.29, 1.82) is 0 Å². The summed E-state index contributed by atoms with van der Waals surface area (Å²) in [6.45, 7) is 0. The predicted molar refractivity (Wildman–Crippen MR) is 65.5 cm³/mol. The predicted octanol–water partition coefficient (Wildman–Crippen LogP) is 2.53. The average Bonchev–Trinajstić information content (AvgIpc) is 2.31. The number of carbonyl (C=O) groups excluding carboxylic acids is 1. The van der Waals surface area contributed by atoms with Crippen LogP contribution in [-0.2, 0) is 4.79 Å². The number of rotatable bonds is 3. The molecule has 19 heavy (non-hydrogen) atoms. The highest BCUT2D eigenvalue weighted by atomic mass is 35.5. The van der Waals surface area contributed by atoms with Gasteiger partial charge in [-0.15, -0.1) is 0 Å². The third kappa shape index (κ3) is 2.26. The van der Waals surface area contributed by atoms with E-state index >= 15 is 0 Å². The first kappa shape index (κ1) is 14.0. The van der Waals surface area contributed by atoms with Crippen LogP contribution in [0.3, 0.4) is 0 Å². The van der Waals surface area contributed by atoms with Gasteiger partial charge in [-0.05, 0) is 31.4 Å². The second-order valence-corrected chi connectivity index (χ2v) is 4.96. The Morgan fingerprint density at radius 2 is 2.05 bits per heavy atom. The number of aromatic hydroxyl groups is 1. The summed E-state index contributed by atoms with van der Waals surface area (Å²) in [6.07, 6.45) is 0.186. The molecule has 3 N–H and O–H groups in total. The second-order valence-electron chi connectivity index (χ2n) is 4.55. The van der Waals surface area contributed by atoms with E-state index in [1.54, 1.807) is 0 Å². The van der Waals surface area contributed by atoms with Crippen LogP contribution in [0.1, 0.15) is 19.3 Å². The van der Waals surface area contributed by atoms with Crippen LogP contribution in [0.15, 0.2) is 18.2 Å². The van der Waals surface area contributed by atoms with Crippen molar-refractivity contribution in [2.24, 2.45) is 0 Å². The smallest absolute Gasteiger partial charge is 0.352 e. The number of alkyl halides is 2. The van der Waals surface area contributed by atoms with Crippen molar-refractivity contribution in [3.8, 4) is 5.75 Å². The van der Waals surface area contributed by atoms with Crippen molar-refractivity contribution in [1.82, 2.24) is 0 Å². The Kier molecular flexibility index (Phi) is 3.40. The van der Waals surface area contributed by atoms with Gasteiger partial charge in [0.25, 0.3) is 5.91 Å². The summed E-state index contributed by atoms with van der Waals surface area (Å²) in [5.41, 5.74) is -2.52. The normalized spacial score (nSPS) is 17.7. The first-order chi connectivity index (χ1) is 8.78. The molecule has 0 aliphatic heterocycles. The van der Waals surface area contributed by atoms with E-state index in [-0.39, 0.29) is 23.6 Å². The van der Waals surface area contributed by atoms with Gasteiger partial charge in [-0.25, -0.2) is 0 Å². The van der Waals surface area contributed by atoms with Crippen molar-refractivity contribution in [2.75, 3.05) is 5.32 Å². The van der Waals surface area contributed by atoms with E-state index in [4.69, 9.17) is 11.6 Å². The van der Waals surface area contributed by atoms with Crippen LogP contribution in [0.5, 0.6) is 5.75 Å². The highest BCUT2D eigenvalue weighted by Gasteiger charge is 2.61. The molecule has 0 saturated heterocycles. The Balaban J connectivity index is 2.19. The van der Waals surface area contributed by atoms with Crippen molar-refractivity contribution >= 4 is 23.2 Å². The minimum atomic E-state index is -3.92. The van der Waals surface area contributed by atoms with Gasteiger partial charge >= 0.3 is 5.92 Å². The van der Waals surface area contributed by atoms with Crippen LogP contribution in [0.4, 0.5) is 14.5 Å². The second kappa shape index (κ2) is 4.61. The Labute approximate surface area is 113 Å². The highest BCUT2D eigenvalue weighted by molar-refractivity contribution is 6.32. The number of hydrogen-bond acceptors (Lipinski definition) is 3. The monoisotopic (exact) mass is 291 g/mol. The van der Waals surface area contributed by atoms with Gasteiger partial charge in [0.05, 0.1) is 10.7 Å². The number of nitrogens with one attached hydrogen (secondary N) is 1. The molecule has 0 heterocycles. The largest absolute Gasteiger partial charge is 0.504 e. The summed E-state index contributed by atoms with van der Waals surface area (Å²) in [4.78, 5) is 11.6. The lowest BCUT2D eigenvalue weighted by molar-refractivity contribution is -0.212. The van der Waals surface area contributed by atoms with Crippen LogP contribution in [0, 0.1) is 0 Å². The topological polar surface area (TPSA) is 69.6 Å². The lowest BCUT2D eigenvalue weighted by atomic mass is 9.75. The van der Waals surface area contributed by atoms with Crippen molar-refractivity contribution in [2.45, 2.75) is 30.8 Å². The molecule has 7 heteroatoms. The SMILES string of the molecule is O=C(Nc1cccc(Cl)c1O)C(F)(F)C1(O)CCC1. The lowest BCUT2D eigenvalue weighted by Crippen LogP contribution is -2.59. The van der Waals surface area contributed by atoms with Crippen LogP contribution in [-0.4, -0.2) is 27.6 Å². The van der Waals surface area contributed by atoms with Crippen LogP contribution in [0.2, 0.25) is 5.02 Å². The molecule has 1 aromatic carbocycles. The highest BCUT2D eigenvalue weighted by Crippen LogP contribution is 2.45. The van der Waals surface area contributed by atoms with Crippen molar-refractivity contribution < 1.29 is 23.8 Å². The van der Waals surface area contributed by atoms with Crippen molar-refractivity contribution in [3.05, 3.63) is 23.2 Å². The van der Waals surface area contributed by atoms with E-state index in [1.165, 1.54) is 18.2 Å². The molecule has 0 unspecified atom stereocenters. The number of phenolic OH excluding ortho intramolecular Hbond substituents is 1. The lowest BCUT2D eigenvalue weighted by Gasteiger charge is -2.41. The van der Waals surface area contributed by atoms with Gasteiger partial charge in [0.15, 0.2) is 5.75 Å². The summed E-state index contributed by atoms with van der Waals surface area (Å²) in [7, 11) is 0. The number of hydrogen-bond donors (Lipinski definition) is 3. The van der Waals surface area contributed by atoms with E-state index in [9.17, 15) is 23.8 Å². The summed E-state index contributed by atoms with van der Waals surface area (Å²) < 4.78 is 27.6. The molecule has 1 fully saturated rings. The Morgan fingerprint density at radius 3 is 2.58 bits per heavy atom. The van der Waals surface area contributed by atoms with E-state index in [0.717, 1.165) is 0 Å². The molecule has 0 spiro atoms. The van der Waals surface area contributed by atoms with Crippen LogP contribution >= 0.6 is 11.6 Å². The van der Waals surface area contributed by atoms with E-state index in [0.29, 0.717) is 6.42 Å². The summed E-state index contributed by atoms with van der Waals surface area (Å²) in [6, 6.07) is 3.98. The maximum Gasteiger partial charge on any atom is 0.352 e. The molecule has 2 rings (SSSR count). The van der Waals surface area contributed by atoms with E-state index < -0.39 is 23.2 Å². The molecule has 1 aromatic rings. The fourth-order valence-corrected chi connectivity index (χ4v) is 2.03. The molecule has 0 radical (unpaired) electrons. The zero-order valence-corrected chi connectivity index (χ0v) is 10.5. The first-order valence-electron chi connectivity index (χ1n) is 5.67. The molecule has 1 amide bonds. The van der Waals surface area contributed by atoms with Crippen LogP contribution in [0.25, 0.3) is 0 Å².